The first-order valence-corrected chi connectivity index (χ1v) is 9.56. The second-order valence-corrected chi connectivity index (χ2v) is 7.72. The number of carbonyl (C=O) groups is 1. The lowest BCUT2D eigenvalue weighted by molar-refractivity contribution is -0.0152. The summed E-state index contributed by atoms with van der Waals surface area (Å²) in [7, 11) is -0.909. The molecule has 1 spiro atoms. The molecule has 2 aromatic carbocycles. The fourth-order valence-corrected chi connectivity index (χ4v) is 4.06. The van der Waals surface area contributed by atoms with Crippen LogP contribution in [0.4, 0.5) is 0 Å². The first kappa shape index (κ1) is 17.3. The van der Waals surface area contributed by atoms with Crippen LogP contribution in [-0.2, 0) is 16.7 Å². The highest BCUT2D eigenvalue weighted by atomic mass is 16.5. The number of aryl methyl sites for hydroxylation is 1. The summed E-state index contributed by atoms with van der Waals surface area (Å²) in [5.41, 5.74) is 4.73. The summed E-state index contributed by atoms with van der Waals surface area (Å²) in [6, 6.07) is 13.7. The smallest absolute Gasteiger partial charge is 0.423 e. The Bertz CT molecular complexity index is 1060. The Hall–Kier alpha value is -2.77. The van der Waals surface area contributed by atoms with Gasteiger partial charge in [-0.1, -0.05) is 41.1 Å². The Balaban J connectivity index is 1.35. The molecule has 140 valence electrons. The molecule has 3 aromatic rings. The van der Waals surface area contributed by atoms with E-state index in [1.807, 2.05) is 49.4 Å². The first-order chi connectivity index (χ1) is 13.5. The van der Waals surface area contributed by atoms with Crippen LogP contribution >= 0.6 is 0 Å². The largest absolute Gasteiger partial charge is 0.492 e. The van der Waals surface area contributed by atoms with Gasteiger partial charge in [-0.15, -0.1) is 5.10 Å². The van der Waals surface area contributed by atoms with E-state index in [1.165, 1.54) is 0 Å². The molecule has 1 aliphatic carbocycles. The average Bonchev–Trinajstić information content (AvgIpc) is 3.26. The van der Waals surface area contributed by atoms with Gasteiger partial charge in [-0.2, -0.15) is 0 Å². The molecular formula is C21H20BN3O3. The third-order valence-corrected chi connectivity index (χ3v) is 5.81. The third kappa shape index (κ3) is 2.78. The Kier molecular flexibility index (Phi) is 3.96. The number of hydrogen-bond donors (Lipinski definition) is 1. The molecule has 0 atom stereocenters. The van der Waals surface area contributed by atoms with Gasteiger partial charge in [0.2, 0.25) is 0 Å². The zero-order valence-electron chi connectivity index (χ0n) is 15.6. The number of carbonyl (C=O) groups excluding carboxylic acids is 1. The van der Waals surface area contributed by atoms with Crippen molar-refractivity contribution < 1.29 is 14.5 Å². The molecule has 0 amide bonds. The van der Waals surface area contributed by atoms with Crippen LogP contribution in [0, 0.1) is 6.92 Å². The van der Waals surface area contributed by atoms with Crippen molar-refractivity contribution >= 4 is 18.4 Å². The molecule has 7 heteroatoms. The van der Waals surface area contributed by atoms with E-state index in [9.17, 15) is 9.82 Å². The van der Waals surface area contributed by atoms with Crippen molar-refractivity contribution in [3.8, 4) is 5.69 Å². The van der Waals surface area contributed by atoms with E-state index >= 15 is 0 Å². The molecule has 1 saturated carbocycles. The summed E-state index contributed by atoms with van der Waals surface area (Å²) < 4.78 is 7.41. The number of ketones is 1. The monoisotopic (exact) mass is 373 g/mol. The van der Waals surface area contributed by atoms with Crippen LogP contribution in [-0.4, -0.2) is 32.9 Å². The van der Waals surface area contributed by atoms with Crippen LogP contribution in [0.5, 0.6) is 0 Å². The number of benzene rings is 2. The van der Waals surface area contributed by atoms with E-state index in [0.29, 0.717) is 5.69 Å². The van der Waals surface area contributed by atoms with Crippen LogP contribution in [0.25, 0.3) is 5.69 Å². The molecule has 2 heterocycles. The zero-order valence-corrected chi connectivity index (χ0v) is 15.6. The highest BCUT2D eigenvalue weighted by Gasteiger charge is 2.50. The fourth-order valence-electron chi connectivity index (χ4n) is 4.06. The molecule has 0 radical (unpaired) electrons. The van der Waals surface area contributed by atoms with Gasteiger partial charge in [-0.05, 0) is 54.9 Å². The Labute approximate surface area is 163 Å². The molecule has 1 fully saturated rings. The lowest BCUT2D eigenvalue weighted by atomic mass is 9.72. The van der Waals surface area contributed by atoms with Crippen molar-refractivity contribution in [3.05, 3.63) is 71.0 Å². The van der Waals surface area contributed by atoms with Crippen molar-refractivity contribution in [1.82, 2.24) is 15.0 Å². The van der Waals surface area contributed by atoms with Crippen LogP contribution in [0.3, 0.4) is 0 Å². The van der Waals surface area contributed by atoms with E-state index < -0.39 is 7.12 Å². The van der Waals surface area contributed by atoms with Gasteiger partial charge >= 0.3 is 7.12 Å². The van der Waals surface area contributed by atoms with Gasteiger partial charge < -0.3 is 9.68 Å². The van der Waals surface area contributed by atoms with Gasteiger partial charge in [-0.3, -0.25) is 4.79 Å². The number of nitrogens with zero attached hydrogens (tertiary/aromatic N) is 3. The molecule has 28 heavy (non-hydrogen) atoms. The molecule has 1 aromatic heterocycles. The molecule has 2 aliphatic rings. The zero-order chi connectivity index (χ0) is 19.3. The van der Waals surface area contributed by atoms with Crippen molar-refractivity contribution in [2.45, 2.75) is 38.2 Å². The van der Waals surface area contributed by atoms with Crippen LogP contribution < -0.4 is 5.46 Å². The number of rotatable bonds is 4. The van der Waals surface area contributed by atoms with Crippen LogP contribution in [0.1, 0.15) is 46.4 Å². The molecule has 0 unspecified atom stereocenters. The minimum Gasteiger partial charge on any atom is -0.423 e. The van der Waals surface area contributed by atoms with Crippen molar-refractivity contribution in [1.29, 1.82) is 0 Å². The average molecular weight is 373 g/mol. The lowest BCUT2D eigenvalue weighted by Crippen LogP contribution is -2.35. The maximum absolute atomic E-state index is 12.7. The van der Waals surface area contributed by atoms with Gasteiger partial charge in [0.15, 0.2) is 5.78 Å². The van der Waals surface area contributed by atoms with Gasteiger partial charge in [-0.25, -0.2) is 4.68 Å². The van der Waals surface area contributed by atoms with E-state index in [4.69, 9.17) is 4.65 Å². The third-order valence-electron chi connectivity index (χ3n) is 5.81. The molecular weight excluding hydrogens is 353 g/mol. The molecule has 0 bridgehead atoms. The van der Waals surface area contributed by atoms with Crippen molar-refractivity contribution in [2.75, 3.05) is 0 Å². The van der Waals surface area contributed by atoms with Gasteiger partial charge in [0.05, 0.1) is 17.5 Å². The Morgan fingerprint density at radius 3 is 2.75 bits per heavy atom. The summed E-state index contributed by atoms with van der Waals surface area (Å²) in [5.74, 6) is -0.106. The highest BCUT2D eigenvalue weighted by Crippen LogP contribution is 2.47. The van der Waals surface area contributed by atoms with Gasteiger partial charge in [0.25, 0.3) is 0 Å². The van der Waals surface area contributed by atoms with Gasteiger partial charge in [0.1, 0.15) is 5.69 Å². The number of aromatic nitrogens is 3. The summed E-state index contributed by atoms with van der Waals surface area (Å²) in [6.07, 6.45) is 4.86. The van der Waals surface area contributed by atoms with Crippen LogP contribution in [0.15, 0.2) is 48.7 Å². The predicted molar refractivity (Wildman–Crippen MR) is 105 cm³/mol. The highest BCUT2D eigenvalue weighted by molar-refractivity contribution is 6.62. The quantitative estimate of drug-likeness (QED) is 0.560. The van der Waals surface area contributed by atoms with E-state index in [-0.39, 0.29) is 17.8 Å². The number of Topliss-reactive ketones (excluding diaryl/α,β-unsaturated/α-hetero) is 1. The minimum atomic E-state index is -0.909. The number of fused-ring (bicyclic) bond motifs is 2. The summed E-state index contributed by atoms with van der Waals surface area (Å²) in [4.78, 5) is 12.7. The summed E-state index contributed by atoms with van der Waals surface area (Å²) >= 11 is 0. The Morgan fingerprint density at radius 2 is 2.04 bits per heavy atom. The standard InChI is InChI=1S/C21H20BN3O3/c1-14-3-6-16(7-4-14)25-13-19(23-24-25)20(26)12-15-5-8-17-18(11-15)22(27)28-21(17)9-2-10-21/h3-8,11,13,27H,2,9-10,12H2,1H3. The number of hydrogen-bond acceptors (Lipinski definition) is 5. The van der Waals surface area contributed by atoms with E-state index in [1.54, 1.807) is 10.9 Å². The Morgan fingerprint density at radius 1 is 1.25 bits per heavy atom. The second kappa shape index (κ2) is 6.39. The molecule has 5 rings (SSSR count). The normalized spacial score (nSPS) is 16.9. The SMILES string of the molecule is Cc1ccc(-n2cc(C(=O)Cc3ccc4c(c3)B(O)OC43CCC3)nn2)cc1. The first-order valence-electron chi connectivity index (χ1n) is 9.56. The second-order valence-electron chi connectivity index (χ2n) is 7.72. The van der Waals surface area contributed by atoms with Crippen LogP contribution in [0.2, 0.25) is 0 Å². The van der Waals surface area contributed by atoms with Crippen molar-refractivity contribution in [2.24, 2.45) is 0 Å². The van der Waals surface area contributed by atoms with Crippen molar-refractivity contribution in [3.63, 3.8) is 0 Å². The molecule has 1 aliphatic heterocycles. The maximum atomic E-state index is 12.7. The predicted octanol–water partition coefficient (Wildman–Crippen LogP) is 2.10. The maximum Gasteiger partial charge on any atom is 0.492 e. The lowest BCUT2D eigenvalue weighted by Gasteiger charge is -2.39. The molecule has 6 nitrogen and oxygen atoms in total. The summed E-state index contributed by atoms with van der Waals surface area (Å²) in [6.45, 7) is 2.02. The topological polar surface area (TPSA) is 77.2 Å². The minimum absolute atomic E-state index is 0.106. The summed E-state index contributed by atoms with van der Waals surface area (Å²) in [5, 5.41) is 18.4. The molecule has 0 saturated heterocycles. The fraction of sp³-hybridized carbons (Fsp3) is 0.286. The van der Waals surface area contributed by atoms with E-state index in [2.05, 4.69) is 10.3 Å². The van der Waals surface area contributed by atoms with E-state index in [0.717, 1.165) is 47.1 Å². The molecule has 1 N–H and O–H groups in total. The van der Waals surface area contributed by atoms with Gasteiger partial charge in [0, 0.05) is 6.42 Å².